The molecule has 138 valence electrons. The van der Waals surface area contributed by atoms with Gasteiger partial charge in [0.2, 0.25) is 11.8 Å². The van der Waals surface area contributed by atoms with Crippen molar-refractivity contribution >= 4 is 11.8 Å². The molecule has 0 aromatic heterocycles. The average molecular weight is 354 g/mol. The number of hydrogen-bond donors (Lipinski definition) is 3. The molecule has 0 spiro atoms. The molecular weight excluding hydrogens is 328 g/mol. The number of nitrogens with two attached hydrogens (primary N) is 2. The number of primary amides is 2. The molecule has 0 radical (unpaired) electrons. The van der Waals surface area contributed by atoms with Crippen LogP contribution in [0.15, 0.2) is 60.7 Å². The summed E-state index contributed by atoms with van der Waals surface area (Å²) in [5.74, 6) is -1.12. The van der Waals surface area contributed by atoms with E-state index in [1.807, 2.05) is 60.7 Å². The van der Waals surface area contributed by atoms with Crippen LogP contribution in [0.2, 0.25) is 0 Å². The molecule has 26 heavy (non-hydrogen) atoms. The van der Waals surface area contributed by atoms with Crippen molar-refractivity contribution in [2.24, 2.45) is 11.5 Å². The van der Waals surface area contributed by atoms with Gasteiger partial charge in [0.05, 0.1) is 6.10 Å². The fourth-order valence-electron chi connectivity index (χ4n) is 3.36. The first-order valence-corrected chi connectivity index (χ1v) is 8.80. The zero-order valence-corrected chi connectivity index (χ0v) is 14.8. The lowest BCUT2D eigenvalue weighted by molar-refractivity contribution is -0.119. The Hall–Kier alpha value is -2.66. The van der Waals surface area contributed by atoms with Gasteiger partial charge in [-0.3, -0.25) is 9.59 Å². The van der Waals surface area contributed by atoms with Gasteiger partial charge in [-0.2, -0.15) is 0 Å². The van der Waals surface area contributed by atoms with Gasteiger partial charge in [0.15, 0.2) is 0 Å². The van der Waals surface area contributed by atoms with Crippen molar-refractivity contribution in [3.05, 3.63) is 71.8 Å². The lowest BCUT2D eigenvalue weighted by atomic mass is 9.84. The van der Waals surface area contributed by atoms with Crippen LogP contribution in [-0.4, -0.2) is 23.0 Å². The number of rotatable bonds is 10. The number of aliphatic hydroxyl groups is 1. The first-order chi connectivity index (χ1) is 12.5. The lowest BCUT2D eigenvalue weighted by Crippen LogP contribution is -2.23. The van der Waals surface area contributed by atoms with Crippen LogP contribution in [0, 0.1) is 0 Å². The first-order valence-electron chi connectivity index (χ1n) is 8.80. The van der Waals surface area contributed by atoms with Crippen molar-refractivity contribution in [3.63, 3.8) is 0 Å². The molecule has 0 bridgehead atoms. The van der Waals surface area contributed by atoms with E-state index in [1.54, 1.807) is 0 Å². The molecule has 2 aromatic carbocycles. The first kappa shape index (κ1) is 19.7. The minimum absolute atomic E-state index is 0.159. The molecule has 5 heteroatoms. The van der Waals surface area contributed by atoms with E-state index in [0.29, 0.717) is 12.8 Å². The smallest absolute Gasteiger partial charge is 0.218 e. The van der Waals surface area contributed by atoms with E-state index < -0.39 is 17.9 Å². The molecule has 0 aliphatic carbocycles. The highest BCUT2D eigenvalue weighted by atomic mass is 16.3. The predicted molar refractivity (Wildman–Crippen MR) is 101 cm³/mol. The van der Waals surface area contributed by atoms with Gasteiger partial charge < -0.3 is 16.6 Å². The highest BCUT2D eigenvalue weighted by Gasteiger charge is 2.23. The monoisotopic (exact) mass is 354 g/mol. The van der Waals surface area contributed by atoms with Crippen molar-refractivity contribution in [3.8, 4) is 0 Å². The van der Waals surface area contributed by atoms with Gasteiger partial charge in [0, 0.05) is 12.8 Å². The second-order valence-electron chi connectivity index (χ2n) is 6.68. The summed E-state index contributed by atoms with van der Waals surface area (Å²) in [7, 11) is 0. The van der Waals surface area contributed by atoms with Gasteiger partial charge in [-0.1, -0.05) is 60.7 Å². The molecule has 0 saturated carbocycles. The topological polar surface area (TPSA) is 106 Å². The Kier molecular flexibility index (Phi) is 7.36. The number of hydrogen-bond acceptors (Lipinski definition) is 3. The minimum atomic E-state index is -0.677. The Labute approximate surface area is 154 Å². The maximum absolute atomic E-state index is 11.4. The van der Waals surface area contributed by atoms with Gasteiger partial charge in [0.25, 0.3) is 0 Å². The molecule has 2 atom stereocenters. The van der Waals surface area contributed by atoms with Crippen molar-refractivity contribution in [2.45, 2.75) is 43.6 Å². The summed E-state index contributed by atoms with van der Waals surface area (Å²) in [6.07, 6.45) is 0.466. The highest BCUT2D eigenvalue weighted by molar-refractivity contribution is 5.75. The molecule has 0 aliphatic heterocycles. The van der Waals surface area contributed by atoms with Crippen LogP contribution in [0.5, 0.6) is 0 Å². The van der Waals surface area contributed by atoms with Crippen LogP contribution in [-0.2, 0) is 9.59 Å². The molecular formula is C21H26N2O3. The third-order valence-electron chi connectivity index (χ3n) is 4.55. The van der Waals surface area contributed by atoms with E-state index in [9.17, 15) is 14.7 Å². The van der Waals surface area contributed by atoms with E-state index in [4.69, 9.17) is 11.5 Å². The highest BCUT2D eigenvalue weighted by Crippen LogP contribution is 2.30. The summed E-state index contributed by atoms with van der Waals surface area (Å²) in [4.78, 5) is 22.9. The Morgan fingerprint density at radius 1 is 0.731 bits per heavy atom. The molecule has 5 nitrogen and oxygen atoms in total. The molecule has 2 amide bonds. The van der Waals surface area contributed by atoms with Gasteiger partial charge in [-0.05, 0) is 35.8 Å². The predicted octanol–water partition coefficient (Wildman–Crippen LogP) is 2.45. The molecule has 0 fully saturated rings. The fourth-order valence-corrected chi connectivity index (χ4v) is 3.36. The third-order valence-corrected chi connectivity index (χ3v) is 4.55. The van der Waals surface area contributed by atoms with Crippen molar-refractivity contribution < 1.29 is 14.7 Å². The quantitative estimate of drug-likeness (QED) is 0.610. The Morgan fingerprint density at radius 2 is 1.08 bits per heavy atom. The van der Waals surface area contributed by atoms with Crippen LogP contribution in [0.3, 0.4) is 0 Å². The third kappa shape index (κ3) is 6.33. The number of benzene rings is 2. The fraction of sp³-hybridized carbons (Fsp3) is 0.333. The second-order valence-corrected chi connectivity index (χ2v) is 6.68. The summed E-state index contributed by atoms with van der Waals surface area (Å²) in [6.45, 7) is 0. The molecule has 2 unspecified atom stereocenters. The van der Waals surface area contributed by atoms with E-state index in [-0.39, 0.29) is 24.7 Å². The number of carbonyl (C=O) groups is 2. The van der Waals surface area contributed by atoms with E-state index in [1.165, 1.54) is 0 Å². The summed E-state index contributed by atoms with van der Waals surface area (Å²) >= 11 is 0. The van der Waals surface area contributed by atoms with Gasteiger partial charge in [-0.15, -0.1) is 0 Å². The second kappa shape index (κ2) is 9.73. The Morgan fingerprint density at radius 3 is 1.38 bits per heavy atom. The average Bonchev–Trinajstić information content (AvgIpc) is 2.61. The minimum Gasteiger partial charge on any atom is -0.393 e. The normalized spacial score (nSPS) is 14.3. The van der Waals surface area contributed by atoms with Crippen molar-refractivity contribution in [2.75, 3.05) is 0 Å². The Bertz CT molecular complexity index is 642. The number of carbonyl (C=O) groups excluding carboxylic acids is 2. The van der Waals surface area contributed by atoms with E-state index in [2.05, 4.69) is 0 Å². The van der Waals surface area contributed by atoms with Crippen LogP contribution >= 0.6 is 0 Å². The van der Waals surface area contributed by atoms with Crippen molar-refractivity contribution in [1.82, 2.24) is 0 Å². The SMILES string of the molecule is NC(=O)CC(CC(O)CC(CC(N)=O)c1ccccc1)c1ccccc1. The summed E-state index contributed by atoms with van der Waals surface area (Å²) < 4.78 is 0. The zero-order valence-electron chi connectivity index (χ0n) is 14.8. The van der Waals surface area contributed by atoms with Crippen LogP contribution in [0.1, 0.15) is 48.6 Å². The van der Waals surface area contributed by atoms with Crippen LogP contribution < -0.4 is 11.5 Å². The lowest BCUT2D eigenvalue weighted by Gasteiger charge is -2.23. The zero-order chi connectivity index (χ0) is 18.9. The maximum Gasteiger partial charge on any atom is 0.218 e. The summed E-state index contributed by atoms with van der Waals surface area (Å²) in [5, 5.41) is 10.6. The number of aliphatic hydroxyl groups excluding tert-OH is 1. The Balaban J connectivity index is 2.10. The van der Waals surface area contributed by atoms with Gasteiger partial charge >= 0.3 is 0 Å². The summed E-state index contributed by atoms with van der Waals surface area (Å²) in [5.41, 5.74) is 12.7. The summed E-state index contributed by atoms with van der Waals surface area (Å²) in [6, 6.07) is 19.1. The standard InChI is InChI=1S/C21H26N2O3/c22-20(25)13-17(15-7-3-1-4-8-15)11-19(24)12-18(14-21(23)26)16-9-5-2-6-10-16/h1-10,17-19,24H,11-14H2,(H2,22,25)(H2,23,26). The van der Waals surface area contributed by atoms with Crippen molar-refractivity contribution in [1.29, 1.82) is 0 Å². The molecule has 0 aliphatic rings. The van der Waals surface area contributed by atoms with E-state index >= 15 is 0 Å². The van der Waals surface area contributed by atoms with Gasteiger partial charge in [0.1, 0.15) is 0 Å². The number of amides is 2. The van der Waals surface area contributed by atoms with E-state index in [0.717, 1.165) is 11.1 Å². The van der Waals surface area contributed by atoms with Crippen LogP contribution in [0.25, 0.3) is 0 Å². The molecule has 5 N–H and O–H groups in total. The van der Waals surface area contributed by atoms with Crippen LogP contribution in [0.4, 0.5) is 0 Å². The largest absolute Gasteiger partial charge is 0.393 e. The molecule has 0 saturated heterocycles. The van der Waals surface area contributed by atoms with Gasteiger partial charge in [-0.25, -0.2) is 0 Å². The molecule has 2 rings (SSSR count). The molecule has 0 heterocycles. The molecule has 2 aromatic rings. The maximum atomic E-state index is 11.4.